The molecule has 2 aromatic rings. The molecule has 2 rings (SSSR count). The van der Waals surface area contributed by atoms with Gasteiger partial charge < -0.3 is 15.4 Å². The SMILES string of the molecule is CN=C(NCc1ccc(C(=O)OC)cc1)NCc1nc(C)c(C)s1.I. The summed E-state index contributed by atoms with van der Waals surface area (Å²) < 4.78 is 4.69. The minimum atomic E-state index is -0.332. The van der Waals surface area contributed by atoms with Crippen LogP contribution in [-0.2, 0) is 17.8 Å². The zero-order valence-electron chi connectivity index (χ0n) is 14.8. The zero-order chi connectivity index (χ0) is 17.5. The Balaban J connectivity index is 0.00000312. The molecule has 0 bridgehead atoms. The number of carbonyl (C=O) groups is 1. The molecule has 1 heterocycles. The van der Waals surface area contributed by atoms with Crippen molar-refractivity contribution in [1.82, 2.24) is 15.6 Å². The molecule has 0 aliphatic rings. The van der Waals surface area contributed by atoms with Crippen LogP contribution in [0.5, 0.6) is 0 Å². The molecular formula is C17H23IN4O2S. The van der Waals surface area contributed by atoms with Crippen molar-refractivity contribution in [2.24, 2.45) is 4.99 Å². The number of thiazole rings is 1. The lowest BCUT2D eigenvalue weighted by molar-refractivity contribution is 0.0600. The van der Waals surface area contributed by atoms with E-state index in [4.69, 9.17) is 0 Å². The third-order valence-corrected chi connectivity index (χ3v) is 4.61. The van der Waals surface area contributed by atoms with Crippen LogP contribution < -0.4 is 10.6 Å². The normalized spacial score (nSPS) is 10.8. The maximum absolute atomic E-state index is 11.4. The van der Waals surface area contributed by atoms with Gasteiger partial charge in [-0.2, -0.15) is 0 Å². The Kier molecular flexibility index (Phi) is 8.84. The third kappa shape index (κ3) is 6.28. The Bertz CT molecular complexity index is 709. The molecule has 0 atom stereocenters. The van der Waals surface area contributed by atoms with Crippen LogP contribution in [-0.4, -0.2) is 31.1 Å². The number of hydrogen-bond acceptors (Lipinski definition) is 5. The van der Waals surface area contributed by atoms with Gasteiger partial charge in [-0.25, -0.2) is 9.78 Å². The molecule has 0 saturated carbocycles. The third-order valence-electron chi connectivity index (χ3n) is 3.54. The fourth-order valence-electron chi connectivity index (χ4n) is 2.06. The van der Waals surface area contributed by atoms with Gasteiger partial charge >= 0.3 is 5.97 Å². The topological polar surface area (TPSA) is 75.6 Å². The molecule has 0 aliphatic carbocycles. The second-order valence-corrected chi connectivity index (χ2v) is 6.50. The fraction of sp³-hybridized carbons (Fsp3) is 0.353. The molecule has 2 N–H and O–H groups in total. The number of benzene rings is 1. The van der Waals surface area contributed by atoms with Gasteiger partial charge in [-0.3, -0.25) is 4.99 Å². The average molecular weight is 474 g/mol. The monoisotopic (exact) mass is 474 g/mol. The van der Waals surface area contributed by atoms with Crippen molar-refractivity contribution in [3.63, 3.8) is 0 Å². The van der Waals surface area contributed by atoms with Crippen molar-refractivity contribution in [3.05, 3.63) is 51.0 Å². The van der Waals surface area contributed by atoms with Crippen molar-refractivity contribution in [1.29, 1.82) is 0 Å². The summed E-state index contributed by atoms with van der Waals surface area (Å²) >= 11 is 1.69. The molecule has 6 nitrogen and oxygen atoms in total. The van der Waals surface area contributed by atoms with Crippen molar-refractivity contribution >= 4 is 47.2 Å². The molecule has 1 aromatic heterocycles. The van der Waals surface area contributed by atoms with Gasteiger partial charge in [0.2, 0.25) is 0 Å². The quantitative estimate of drug-likeness (QED) is 0.302. The molecular weight excluding hydrogens is 451 g/mol. The minimum absolute atomic E-state index is 0. The number of carbonyl (C=O) groups excluding carboxylic acids is 1. The lowest BCUT2D eigenvalue weighted by atomic mass is 10.1. The smallest absolute Gasteiger partial charge is 0.337 e. The van der Waals surface area contributed by atoms with Gasteiger partial charge in [0, 0.05) is 18.5 Å². The molecule has 0 fully saturated rings. The summed E-state index contributed by atoms with van der Waals surface area (Å²) in [5.41, 5.74) is 2.66. The van der Waals surface area contributed by atoms with Crippen molar-refractivity contribution in [3.8, 4) is 0 Å². The number of hydrogen-bond donors (Lipinski definition) is 2. The number of ether oxygens (including phenoxy) is 1. The van der Waals surface area contributed by atoms with Crippen LogP contribution in [0.3, 0.4) is 0 Å². The second-order valence-electron chi connectivity index (χ2n) is 5.22. The number of aryl methyl sites for hydroxylation is 2. The summed E-state index contributed by atoms with van der Waals surface area (Å²) in [6.45, 7) is 5.33. The predicted molar refractivity (Wildman–Crippen MR) is 112 cm³/mol. The summed E-state index contributed by atoms with van der Waals surface area (Å²) in [5, 5.41) is 7.52. The van der Waals surface area contributed by atoms with Crippen molar-refractivity contribution in [2.75, 3.05) is 14.2 Å². The Morgan fingerprint density at radius 1 is 1.20 bits per heavy atom. The van der Waals surface area contributed by atoms with E-state index in [9.17, 15) is 4.79 Å². The van der Waals surface area contributed by atoms with Gasteiger partial charge in [0.05, 0.1) is 24.9 Å². The maximum Gasteiger partial charge on any atom is 0.337 e. The molecule has 1 aromatic carbocycles. The largest absolute Gasteiger partial charge is 0.465 e. The lowest BCUT2D eigenvalue weighted by Gasteiger charge is -2.11. The molecule has 0 aliphatic heterocycles. The van der Waals surface area contributed by atoms with Crippen LogP contribution in [0, 0.1) is 13.8 Å². The highest BCUT2D eigenvalue weighted by molar-refractivity contribution is 14.0. The van der Waals surface area contributed by atoms with E-state index in [1.54, 1.807) is 30.5 Å². The maximum atomic E-state index is 11.4. The van der Waals surface area contributed by atoms with Gasteiger partial charge in [-0.1, -0.05) is 12.1 Å². The summed E-state index contributed by atoms with van der Waals surface area (Å²) in [7, 11) is 3.10. The standard InChI is InChI=1S/C17H22N4O2S.HI/c1-11-12(2)24-15(21-11)10-20-17(18-3)19-9-13-5-7-14(8-6-13)16(22)23-4;/h5-8H,9-10H2,1-4H3,(H2,18,19,20);1H. The summed E-state index contributed by atoms with van der Waals surface area (Å²) in [4.78, 5) is 21.3. The van der Waals surface area contributed by atoms with E-state index < -0.39 is 0 Å². The molecule has 25 heavy (non-hydrogen) atoms. The molecule has 0 spiro atoms. The van der Waals surface area contributed by atoms with E-state index in [-0.39, 0.29) is 29.9 Å². The summed E-state index contributed by atoms with van der Waals surface area (Å²) in [6, 6.07) is 7.28. The second kappa shape index (κ2) is 10.3. The van der Waals surface area contributed by atoms with E-state index >= 15 is 0 Å². The lowest BCUT2D eigenvalue weighted by Crippen LogP contribution is -2.36. The Morgan fingerprint density at radius 2 is 1.84 bits per heavy atom. The number of nitrogens with zero attached hydrogens (tertiary/aromatic N) is 2. The van der Waals surface area contributed by atoms with E-state index in [2.05, 4.69) is 32.3 Å². The first kappa shape index (κ1) is 21.4. The Labute approximate surface area is 169 Å². The van der Waals surface area contributed by atoms with Crippen LogP contribution in [0.1, 0.15) is 31.5 Å². The minimum Gasteiger partial charge on any atom is -0.465 e. The molecule has 0 unspecified atom stereocenters. The van der Waals surface area contributed by atoms with E-state index in [1.807, 2.05) is 19.1 Å². The predicted octanol–water partition coefficient (Wildman–Crippen LogP) is 3.03. The number of methoxy groups -OCH3 is 1. The first-order chi connectivity index (χ1) is 11.5. The van der Waals surface area contributed by atoms with Crippen LogP contribution in [0.25, 0.3) is 0 Å². The van der Waals surface area contributed by atoms with E-state index in [1.165, 1.54) is 12.0 Å². The first-order valence-corrected chi connectivity index (χ1v) is 8.39. The molecule has 136 valence electrons. The number of rotatable bonds is 5. The molecule has 0 amide bonds. The molecule has 0 saturated heterocycles. The van der Waals surface area contributed by atoms with Gasteiger partial charge in [0.25, 0.3) is 0 Å². The van der Waals surface area contributed by atoms with Crippen LogP contribution in [0.4, 0.5) is 0 Å². The Morgan fingerprint density at radius 3 is 2.36 bits per heavy atom. The summed E-state index contributed by atoms with van der Waals surface area (Å²) in [5.74, 6) is 0.374. The van der Waals surface area contributed by atoms with E-state index in [0.29, 0.717) is 24.6 Å². The zero-order valence-corrected chi connectivity index (χ0v) is 17.9. The highest BCUT2D eigenvalue weighted by atomic mass is 127. The van der Waals surface area contributed by atoms with Gasteiger partial charge in [0.15, 0.2) is 5.96 Å². The summed E-state index contributed by atoms with van der Waals surface area (Å²) in [6.07, 6.45) is 0. The first-order valence-electron chi connectivity index (χ1n) is 7.58. The number of esters is 1. The number of aliphatic imine (C=N–C) groups is 1. The molecule has 8 heteroatoms. The van der Waals surface area contributed by atoms with Crippen LogP contribution in [0.15, 0.2) is 29.3 Å². The van der Waals surface area contributed by atoms with Crippen molar-refractivity contribution < 1.29 is 9.53 Å². The van der Waals surface area contributed by atoms with Crippen LogP contribution >= 0.6 is 35.3 Å². The number of guanidine groups is 1. The number of aromatic nitrogens is 1. The van der Waals surface area contributed by atoms with Crippen LogP contribution in [0.2, 0.25) is 0 Å². The molecule has 0 radical (unpaired) electrons. The Hall–Kier alpha value is -1.68. The highest BCUT2D eigenvalue weighted by Crippen LogP contribution is 2.15. The van der Waals surface area contributed by atoms with Gasteiger partial charge in [0.1, 0.15) is 5.01 Å². The van der Waals surface area contributed by atoms with Gasteiger partial charge in [-0.15, -0.1) is 35.3 Å². The average Bonchev–Trinajstić information content (AvgIpc) is 2.93. The van der Waals surface area contributed by atoms with E-state index in [0.717, 1.165) is 16.3 Å². The van der Waals surface area contributed by atoms with Crippen molar-refractivity contribution in [2.45, 2.75) is 26.9 Å². The number of nitrogens with one attached hydrogen (secondary N) is 2. The number of halogens is 1. The fourth-order valence-corrected chi connectivity index (χ4v) is 2.93. The highest BCUT2D eigenvalue weighted by Gasteiger charge is 2.06. The van der Waals surface area contributed by atoms with Gasteiger partial charge in [-0.05, 0) is 31.5 Å².